The summed E-state index contributed by atoms with van der Waals surface area (Å²) in [6.45, 7) is 0. The van der Waals surface area contributed by atoms with Crippen LogP contribution in [0.5, 0.6) is 5.75 Å². The van der Waals surface area contributed by atoms with Gasteiger partial charge in [0, 0.05) is 18.2 Å². The van der Waals surface area contributed by atoms with Crippen LogP contribution in [0, 0.1) is 17.1 Å². The third kappa shape index (κ3) is 3.21. The highest BCUT2D eigenvalue weighted by atomic mass is 35.5. The molecule has 2 aromatic carbocycles. The van der Waals surface area contributed by atoms with E-state index in [1.165, 1.54) is 31.4 Å². The average molecular weight is 424 g/mol. The smallest absolute Gasteiger partial charge is 0.351 e. The molecule has 0 saturated heterocycles. The number of aromatic nitrogens is 2. The molecule has 0 saturated carbocycles. The van der Waals surface area contributed by atoms with Crippen molar-refractivity contribution in [3.8, 4) is 11.8 Å². The summed E-state index contributed by atoms with van der Waals surface area (Å²) in [5, 5.41) is 9.91. The monoisotopic (exact) mass is 423 g/mol. The van der Waals surface area contributed by atoms with Gasteiger partial charge in [0.15, 0.2) is 5.82 Å². The van der Waals surface area contributed by atoms with Crippen LogP contribution >= 0.6 is 11.6 Å². The zero-order valence-electron chi connectivity index (χ0n) is 16.0. The van der Waals surface area contributed by atoms with E-state index in [0.717, 1.165) is 5.52 Å². The summed E-state index contributed by atoms with van der Waals surface area (Å²) in [6, 6.07) is 13.3. The van der Waals surface area contributed by atoms with E-state index in [2.05, 4.69) is 11.1 Å². The number of nitrogens with zero attached hydrogens (tertiary/aromatic N) is 3. The van der Waals surface area contributed by atoms with Gasteiger partial charge in [-0.1, -0.05) is 23.7 Å². The van der Waals surface area contributed by atoms with E-state index in [9.17, 15) is 14.4 Å². The van der Waals surface area contributed by atoms with Crippen LogP contribution in [0.2, 0.25) is 0 Å². The molecule has 0 spiro atoms. The fraction of sp³-hybridized carbons (Fsp3) is 0.136. The number of carbonyl (C=O) groups is 1. The molecule has 0 radical (unpaired) electrons. The van der Waals surface area contributed by atoms with Crippen molar-refractivity contribution in [3.05, 3.63) is 71.3 Å². The third-order valence-corrected chi connectivity index (χ3v) is 5.24. The van der Waals surface area contributed by atoms with Crippen LogP contribution < -0.4 is 4.74 Å². The second kappa shape index (κ2) is 7.65. The van der Waals surface area contributed by atoms with Crippen molar-refractivity contribution in [1.29, 1.82) is 5.26 Å². The number of hydrogen-bond acceptors (Lipinski definition) is 5. The van der Waals surface area contributed by atoms with Gasteiger partial charge in [-0.05, 0) is 36.4 Å². The van der Waals surface area contributed by atoms with Crippen LogP contribution in [0.4, 0.5) is 4.39 Å². The first-order valence-corrected chi connectivity index (χ1v) is 9.30. The molecule has 0 amide bonds. The van der Waals surface area contributed by atoms with Crippen molar-refractivity contribution in [1.82, 2.24) is 9.55 Å². The maximum Gasteiger partial charge on any atom is 0.351 e. The molecule has 3 aromatic rings. The average Bonchev–Trinajstić information content (AvgIpc) is 3.09. The summed E-state index contributed by atoms with van der Waals surface area (Å²) in [5.74, 6) is -0.567. The van der Waals surface area contributed by atoms with Crippen molar-refractivity contribution in [2.45, 2.75) is 6.10 Å². The second-order valence-electron chi connectivity index (χ2n) is 6.58. The van der Waals surface area contributed by atoms with Crippen molar-refractivity contribution >= 4 is 39.2 Å². The van der Waals surface area contributed by atoms with Gasteiger partial charge < -0.3 is 14.0 Å². The minimum absolute atomic E-state index is 0.0951. The summed E-state index contributed by atoms with van der Waals surface area (Å²) >= 11 is 6.53. The summed E-state index contributed by atoms with van der Waals surface area (Å²) in [7, 11) is 3.00. The van der Waals surface area contributed by atoms with E-state index >= 15 is 0 Å². The molecule has 0 N–H and O–H groups in total. The number of ether oxygens (including phenoxy) is 2. The quantitative estimate of drug-likeness (QED) is 0.466. The lowest BCUT2D eigenvalue weighted by Crippen LogP contribution is -2.33. The maximum absolute atomic E-state index is 13.8. The van der Waals surface area contributed by atoms with Gasteiger partial charge in [-0.15, -0.1) is 0 Å². The number of halogens is 2. The number of nitriles is 1. The minimum Gasteiger partial charge on any atom is -0.473 e. The first-order valence-electron chi connectivity index (χ1n) is 8.92. The Kier molecular flexibility index (Phi) is 5.02. The fourth-order valence-electron chi connectivity index (χ4n) is 3.35. The second-order valence-corrected chi connectivity index (χ2v) is 6.96. The number of aryl methyl sites for hydroxylation is 1. The van der Waals surface area contributed by atoms with E-state index in [0.29, 0.717) is 11.3 Å². The number of methoxy groups -OCH3 is 1. The van der Waals surface area contributed by atoms with Gasteiger partial charge in [-0.25, -0.2) is 14.2 Å². The van der Waals surface area contributed by atoms with Crippen LogP contribution in [0.1, 0.15) is 11.4 Å². The Bertz CT molecular complexity index is 1290. The highest BCUT2D eigenvalue weighted by Crippen LogP contribution is 2.40. The molecular formula is C22H15ClFN3O3. The molecule has 8 heteroatoms. The number of imidazole rings is 1. The molecule has 1 aromatic heterocycles. The molecule has 2 heterocycles. The molecule has 1 atom stereocenters. The van der Waals surface area contributed by atoms with Gasteiger partial charge in [0.25, 0.3) is 0 Å². The molecule has 0 aliphatic carbocycles. The van der Waals surface area contributed by atoms with E-state index in [1.807, 2.05) is 24.3 Å². The number of esters is 1. The molecule has 0 bridgehead atoms. The molecule has 4 rings (SSSR count). The van der Waals surface area contributed by atoms with Gasteiger partial charge in [0.2, 0.25) is 6.10 Å². The zero-order valence-corrected chi connectivity index (χ0v) is 16.8. The Labute approximate surface area is 176 Å². The van der Waals surface area contributed by atoms with Crippen LogP contribution in [0.15, 0.2) is 54.1 Å². The predicted molar refractivity (Wildman–Crippen MR) is 110 cm³/mol. The van der Waals surface area contributed by atoms with Gasteiger partial charge in [0.1, 0.15) is 17.6 Å². The number of fused-ring (bicyclic) bond motifs is 2. The summed E-state index contributed by atoms with van der Waals surface area (Å²) < 4.78 is 26.1. The van der Waals surface area contributed by atoms with Crippen molar-refractivity contribution in [3.63, 3.8) is 0 Å². The lowest BCUT2D eigenvalue weighted by atomic mass is 9.98. The molecule has 1 aliphatic rings. The zero-order chi connectivity index (χ0) is 21.4. The van der Waals surface area contributed by atoms with Gasteiger partial charge >= 0.3 is 5.97 Å². The Morgan fingerprint density at radius 3 is 2.83 bits per heavy atom. The normalized spacial score (nSPS) is 16.1. The SMILES string of the molecule is COC(=O)C1Oc2ccc(F)cc2C(Cl)=C1/C=C(/C#N)c1nc2ccccc2n1C. The van der Waals surface area contributed by atoms with Gasteiger partial charge in [-0.2, -0.15) is 5.26 Å². The molecule has 1 unspecified atom stereocenters. The Balaban J connectivity index is 1.92. The number of benzene rings is 2. The molecule has 1 aliphatic heterocycles. The number of rotatable bonds is 3. The van der Waals surface area contributed by atoms with E-state index in [-0.39, 0.29) is 27.5 Å². The molecule has 6 nitrogen and oxygen atoms in total. The fourth-order valence-corrected chi connectivity index (χ4v) is 3.65. The molecular weight excluding hydrogens is 409 g/mol. The van der Waals surface area contributed by atoms with Crippen molar-refractivity contribution in [2.24, 2.45) is 7.05 Å². The third-order valence-electron chi connectivity index (χ3n) is 4.82. The van der Waals surface area contributed by atoms with Crippen LogP contribution in [-0.4, -0.2) is 28.7 Å². The standard InChI is InChI=1S/C22H15ClFN3O3/c1-27-17-6-4-3-5-16(17)26-21(27)12(11-25)9-15-19(23)14-10-13(24)7-8-18(14)30-20(15)22(28)29-2/h3-10,20H,1-2H3/b12-9-. The Morgan fingerprint density at radius 2 is 2.13 bits per heavy atom. The van der Waals surface area contributed by atoms with Gasteiger partial charge in [-0.3, -0.25) is 0 Å². The highest BCUT2D eigenvalue weighted by molar-refractivity contribution is 6.50. The number of allylic oxidation sites excluding steroid dienone is 1. The number of para-hydroxylation sites is 2. The number of carbonyl (C=O) groups excluding carboxylic acids is 1. The minimum atomic E-state index is -1.21. The topological polar surface area (TPSA) is 77.1 Å². The molecule has 30 heavy (non-hydrogen) atoms. The van der Waals surface area contributed by atoms with E-state index in [4.69, 9.17) is 21.1 Å². The summed E-state index contributed by atoms with van der Waals surface area (Å²) in [5.41, 5.74) is 2.19. The lowest BCUT2D eigenvalue weighted by Gasteiger charge is -2.26. The Morgan fingerprint density at radius 1 is 1.37 bits per heavy atom. The van der Waals surface area contributed by atoms with Crippen LogP contribution in [-0.2, 0) is 16.6 Å². The first kappa shape index (κ1) is 19.7. The van der Waals surface area contributed by atoms with E-state index < -0.39 is 17.9 Å². The van der Waals surface area contributed by atoms with Gasteiger partial charge in [0.05, 0.1) is 28.7 Å². The van der Waals surface area contributed by atoms with Crippen molar-refractivity contribution in [2.75, 3.05) is 7.11 Å². The largest absolute Gasteiger partial charge is 0.473 e. The summed E-state index contributed by atoms with van der Waals surface area (Å²) in [6.07, 6.45) is 0.220. The molecule has 0 fully saturated rings. The van der Waals surface area contributed by atoms with Crippen LogP contribution in [0.25, 0.3) is 21.6 Å². The van der Waals surface area contributed by atoms with Crippen LogP contribution in [0.3, 0.4) is 0 Å². The van der Waals surface area contributed by atoms with Crippen molar-refractivity contribution < 1.29 is 18.7 Å². The van der Waals surface area contributed by atoms with E-state index in [1.54, 1.807) is 11.6 Å². The number of hydrogen-bond donors (Lipinski definition) is 0. The summed E-state index contributed by atoms with van der Waals surface area (Å²) in [4.78, 5) is 16.9. The Hall–Kier alpha value is -3.63. The molecule has 150 valence electrons. The lowest BCUT2D eigenvalue weighted by molar-refractivity contribution is -0.146. The first-order chi connectivity index (χ1) is 14.4. The maximum atomic E-state index is 13.8. The highest BCUT2D eigenvalue weighted by Gasteiger charge is 2.34. The predicted octanol–water partition coefficient (Wildman–Crippen LogP) is 4.20.